The number of aliphatic hydroxyl groups excluding tert-OH is 2. The summed E-state index contributed by atoms with van der Waals surface area (Å²) in [5.74, 6) is -0.599. The van der Waals surface area contributed by atoms with Crippen LogP contribution in [0, 0.1) is 6.92 Å². The van der Waals surface area contributed by atoms with Gasteiger partial charge in [0.05, 0.1) is 23.9 Å². The Morgan fingerprint density at radius 1 is 1.31 bits per heavy atom. The van der Waals surface area contributed by atoms with Crippen molar-refractivity contribution in [2.24, 2.45) is 0 Å². The molecule has 0 bridgehead atoms. The summed E-state index contributed by atoms with van der Waals surface area (Å²) >= 11 is 5.91. The van der Waals surface area contributed by atoms with Gasteiger partial charge in [-0.05, 0) is 13.0 Å². The van der Waals surface area contributed by atoms with Crippen molar-refractivity contribution < 1.29 is 43.3 Å². The summed E-state index contributed by atoms with van der Waals surface area (Å²) in [6.07, 6.45) is -5.00. The lowest BCUT2D eigenvalue weighted by Gasteiger charge is -2.46. The zero-order chi connectivity index (χ0) is 25.7. The molecule has 3 aromatic heterocycles. The van der Waals surface area contributed by atoms with Crippen LogP contribution < -0.4 is 5.46 Å². The lowest BCUT2D eigenvalue weighted by Crippen LogP contribution is -2.60. The highest BCUT2D eigenvalue weighted by Crippen LogP contribution is 2.44. The molecule has 0 aromatic carbocycles. The normalized spacial score (nSPS) is 25.1. The Balaban J connectivity index is 1.98. The van der Waals surface area contributed by atoms with Crippen LogP contribution in [0.1, 0.15) is 23.4 Å². The molecule has 4 rings (SSSR count). The number of aromatic nitrogens is 6. The fourth-order valence-electron chi connectivity index (χ4n) is 4.05. The Bertz CT molecular complexity index is 1230. The first-order valence-corrected chi connectivity index (χ1v) is 10.5. The van der Waals surface area contributed by atoms with E-state index in [2.05, 4.69) is 20.2 Å². The predicted molar refractivity (Wildman–Crippen MR) is 112 cm³/mol. The Labute approximate surface area is 200 Å². The van der Waals surface area contributed by atoms with Crippen LogP contribution in [0.4, 0.5) is 13.2 Å². The molecule has 4 heterocycles. The van der Waals surface area contributed by atoms with Crippen LogP contribution in [0.25, 0.3) is 5.69 Å². The molecule has 1 fully saturated rings. The van der Waals surface area contributed by atoms with Crippen molar-refractivity contribution >= 4 is 24.2 Å². The van der Waals surface area contributed by atoms with Crippen molar-refractivity contribution in [3.05, 3.63) is 47.0 Å². The third-order valence-corrected chi connectivity index (χ3v) is 5.75. The van der Waals surface area contributed by atoms with Gasteiger partial charge in [-0.15, -0.1) is 0 Å². The van der Waals surface area contributed by atoms with Gasteiger partial charge in [-0.1, -0.05) is 11.6 Å². The molecule has 35 heavy (non-hydrogen) atoms. The number of pyridine rings is 1. The number of aryl methyl sites for hydroxylation is 1. The minimum Gasteiger partial charge on any atom is -0.423 e. The van der Waals surface area contributed by atoms with Crippen molar-refractivity contribution in [2.75, 3.05) is 13.2 Å². The van der Waals surface area contributed by atoms with E-state index in [9.17, 15) is 38.5 Å². The molecule has 5 N–H and O–H groups in total. The van der Waals surface area contributed by atoms with Crippen LogP contribution in [-0.4, -0.2) is 87.4 Å². The number of nitrogens with zero attached hydrogens (tertiary/aromatic N) is 6. The second kappa shape index (κ2) is 9.13. The predicted octanol–water partition coefficient (Wildman–Crippen LogP) is -1.30. The Morgan fingerprint density at radius 2 is 2.03 bits per heavy atom. The van der Waals surface area contributed by atoms with Gasteiger partial charge >= 0.3 is 13.3 Å². The van der Waals surface area contributed by atoms with Crippen molar-refractivity contribution in [1.82, 2.24) is 29.5 Å². The van der Waals surface area contributed by atoms with Gasteiger partial charge in [0.25, 0.3) is 0 Å². The third kappa shape index (κ3) is 4.42. The molecule has 1 saturated heterocycles. The quantitative estimate of drug-likeness (QED) is 0.256. The first-order chi connectivity index (χ1) is 16.4. The molecule has 0 saturated carbocycles. The minimum atomic E-state index is -4.94. The molecule has 17 heteroatoms. The summed E-state index contributed by atoms with van der Waals surface area (Å²) in [6.45, 7) is 0.128. The molecule has 1 aliphatic rings. The topological polar surface area (TPSA) is 172 Å². The summed E-state index contributed by atoms with van der Waals surface area (Å²) in [6, 6.07) is -0.583. The van der Waals surface area contributed by atoms with Gasteiger partial charge in [0.2, 0.25) is 0 Å². The number of hydrogen-bond acceptors (Lipinski definition) is 10. The van der Waals surface area contributed by atoms with Crippen molar-refractivity contribution in [1.29, 1.82) is 0 Å². The average molecular weight is 519 g/mol. The smallest absolute Gasteiger partial charge is 0.423 e. The summed E-state index contributed by atoms with van der Waals surface area (Å²) in [5.41, 5.74) is -4.67. The van der Waals surface area contributed by atoms with E-state index in [1.165, 1.54) is 6.92 Å². The maximum atomic E-state index is 13.8. The molecule has 0 spiro atoms. The summed E-state index contributed by atoms with van der Waals surface area (Å²) in [7, 11) is -1.93. The Hall–Kier alpha value is -2.60. The van der Waals surface area contributed by atoms with E-state index in [4.69, 9.17) is 16.3 Å². The monoisotopic (exact) mass is 518 g/mol. The highest BCUT2D eigenvalue weighted by molar-refractivity contribution is 6.58. The number of hydrogen-bond donors (Lipinski definition) is 5. The van der Waals surface area contributed by atoms with E-state index >= 15 is 0 Å². The standard InChI is InChI=1S/C18H19BClF3N6O6/c1-8-26-16(29(27-8)11-2-10(20)4-24-14(11)18(21,22)23)17(32)13(6-30)35-7-12(31)15(17)28-5-9(3-25-28)19(33)34/h2-5,12-13,15,30-34H,6-7H2,1H3/t12-,13+,15+,17?/m1/s1. The van der Waals surface area contributed by atoms with Crippen LogP contribution in [0.5, 0.6) is 0 Å². The number of ether oxygens (including phenoxy) is 1. The third-order valence-electron chi connectivity index (χ3n) is 5.55. The van der Waals surface area contributed by atoms with E-state index < -0.39 is 67.6 Å². The van der Waals surface area contributed by atoms with Crippen molar-refractivity contribution in [3.63, 3.8) is 0 Å². The van der Waals surface area contributed by atoms with Crippen molar-refractivity contribution in [2.45, 2.75) is 37.0 Å². The molecule has 3 aromatic rings. The molecule has 12 nitrogen and oxygen atoms in total. The number of aliphatic hydroxyl groups is 3. The van der Waals surface area contributed by atoms with E-state index in [0.717, 1.165) is 29.3 Å². The van der Waals surface area contributed by atoms with Crippen LogP contribution in [-0.2, 0) is 16.5 Å². The zero-order valence-electron chi connectivity index (χ0n) is 17.9. The largest absolute Gasteiger partial charge is 0.491 e. The van der Waals surface area contributed by atoms with Crippen LogP contribution >= 0.6 is 11.6 Å². The first-order valence-electron chi connectivity index (χ1n) is 10.1. The molecule has 0 radical (unpaired) electrons. The van der Waals surface area contributed by atoms with E-state index in [0.29, 0.717) is 4.68 Å². The fraction of sp³-hybridized carbons (Fsp3) is 0.444. The van der Waals surface area contributed by atoms with E-state index in [1.54, 1.807) is 0 Å². The van der Waals surface area contributed by atoms with Gasteiger partial charge in [0.1, 0.15) is 24.1 Å². The van der Waals surface area contributed by atoms with E-state index in [1.807, 2.05) is 0 Å². The molecule has 1 unspecified atom stereocenters. The Morgan fingerprint density at radius 3 is 2.63 bits per heavy atom. The maximum Gasteiger partial charge on any atom is 0.491 e. The lowest BCUT2D eigenvalue weighted by atomic mass is 9.81. The summed E-state index contributed by atoms with van der Waals surface area (Å²) in [5, 5.41) is 59.3. The molecule has 4 atom stereocenters. The summed E-state index contributed by atoms with van der Waals surface area (Å²) < 4.78 is 48.4. The van der Waals surface area contributed by atoms with E-state index in [-0.39, 0.29) is 16.3 Å². The highest BCUT2D eigenvalue weighted by atomic mass is 35.5. The van der Waals surface area contributed by atoms with Crippen LogP contribution in [0.2, 0.25) is 5.02 Å². The minimum absolute atomic E-state index is 0.0658. The molecular weight excluding hydrogens is 499 g/mol. The van der Waals surface area contributed by atoms with Gasteiger partial charge in [-0.2, -0.15) is 23.4 Å². The zero-order valence-corrected chi connectivity index (χ0v) is 18.6. The molecular formula is C18H19BClF3N6O6. The number of halogens is 4. The van der Waals surface area contributed by atoms with Gasteiger partial charge in [-0.25, -0.2) is 14.6 Å². The lowest BCUT2D eigenvalue weighted by molar-refractivity contribution is -0.232. The van der Waals surface area contributed by atoms with Crippen LogP contribution in [0.15, 0.2) is 24.7 Å². The second-order valence-electron chi connectivity index (χ2n) is 7.88. The number of alkyl halides is 3. The van der Waals surface area contributed by atoms with Crippen molar-refractivity contribution in [3.8, 4) is 5.69 Å². The SMILES string of the molecule is Cc1nc(C2(O)[C@H](CO)OC[C@@H](O)[C@@H]2n2cc(B(O)O)cn2)n(-c2cc(Cl)cnc2C(F)(F)F)n1. The summed E-state index contributed by atoms with van der Waals surface area (Å²) in [4.78, 5) is 7.47. The molecule has 188 valence electrons. The van der Waals surface area contributed by atoms with Gasteiger partial charge in [0, 0.05) is 24.1 Å². The maximum absolute atomic E-state index is 13.8. The van der Waals surface area contributed by atoms with Crippen LogP contribution in [0.3, 0.4) is 0 Å². The Kier molecular flexibility index (Phi) is 6.65. The van der Waals surface area contributed by atoms with Gasteiger partial charge < -0.3 is 30.1 Å². The highest BCUT2D eigenvalue weighted by Gasteiger charge is 2.57. The van der Waals surface area contributed by atoms with Gasteiger partial charge in [0.15, 0.2) is 17.1 Å². The second-order valence-corrected chi connectivity index (χ2v) is 8.32. The first kappa shape index (κ1) is 25.5. The molecule has 0 aliphatic carbocycles. The van der Waals surface area contributed by atoms with Gasteiger partial charge in [-0.3, -0.25) is 4.68 Å². The fourth-order valence-corrected chi connectivity index (χ4v) is 4.20. The average Bonchev–Trinajstić information content (AvgIpc) is 3.40. The number of rotatable bonds is 5. The molecule has 0 amide bonds. The molecule has 1 aliphatic heterocycles.